The zero-order chi connectivity index (χ0) is 14.5. The van der Waals surface area contributed by atoms with E-state index in [0.717, 1.165) is 24.4 Å². The van der Waals surface area contributed by atoms with Crippen molar-refractivity contribution in [2.75, 3.05) is 18.2 Å². The Morgan fingerprint density at radius 1 is 1.45 bits per heavy atom. The van der Waals surface area contributed by atoms with Crippen LogP contribution >= 0.6 is 0 Å². The number of carbonyl (C=O) groups is 1. The van der Waals surface area contributed by atoms with E-state index in [2.05, 4.69) is 12.2 Å². The van der Waals surface area contributed by atoms with Crippen molar-refractivity contribution >= 4 is 17.3 Å². The molecule has 2 atom stereocenters. The van der Waals surface area contributed by atoms with Crippen molar-refractivity contribution in [2.24, 2.45) is 5.92 Å². The molecule has 0 radical (unpaired) electrons. The van der Waals surface area contributed by atoms with Crippen LogP contribution in [0.1, 0.15) is 49.4 Å². The lowest BCUT2D eigenvalue weighted by atomic mass is 9.84. The Labute approximate surface area is 120 Å². The van der Waals surface area contributed by atoms with Crippen molar-refractivity contribution in [2.45, 2.75) is 45.1 Å². The zero-order valence-corrected chi connectivity index (χ0v) is 12.3. The van der Waals surface area contributed by atoms with Crippen LogP contribution in [0.4, 0.5) is 11.4 Å². The van der Waals surface area contributed by atoms with Crippen LogP contribution in [0.25, 0.3) is 0 Å². The first-order chi connectivity index (χ1) is 9.65. The Bertz CT molecular complexity index is 474. The standard InChI is InChI=1S/C16H24N2O2/c1-3-11-6-4-7-12(10-11)18-15-13(16(19)20-2)8-5-9-14(15)17/h5,8-9,11-12,18H,3-4,6-7,10,17H2,1-2H3. The molecule has 3 N–H and O–H groups in total. The van der Waals surface area contributed by atoms with E-state index in [1.165, 1.54) is 26.4 Å². The fourth-order valence-electron chi connectivity index (χ4n) is 3.01. The van der Waals surface area contributed by atoms with Crippen LogP contribution < -0.4 is 11.1 Å². The molecule has 1 aromatic rings. The molecule has 4 heteroatoms. The number of hydrogen-bond donors (Lipinski definition) is 2. The third-order valence-corrected chi connectivity index (χ3v) is 4.21. The van der Waals surface area contributed by atoms with Gasteiger partial charge in [-0.15, -0.1) is 0 Å². The molecule has 1 aliphatic carbocycles. The van der Waals surface area contributed by atoms with Crippen molar-refractivity contribution in [3.05, 3.63) is 23.8 Å². The highest BCUT2D eigenvalue weighted by Crippen LogP contribution is 2.32. The second-order valence-corrected chi connectivity index (χ2v) is 5.54. The van der Waals surface area contributed by atoms with Gasteiger partial charge in [0, 0.05) is 6.04 Å². The number of nitrogens with one attached hydrogen (secondary N) is 1. The van der Waals surface area contributed by atoms with E-state index < -0.39 is 0 Å². The Hall–Kier alpha value is -1.71. The number of nitrogens with two attached hydrogens (primary N) is 1. The maximum Gasteiger partial charge on any atom is 0.340 e. The van der Waals surface area contributed by atoms with Gasteiger partial charge < -0.3 is 15.8 Å². The number of hydrogen-bond acceptors (Lipinski definition) is 4. The van der Waals surface area contributed by atoms with Gasteiger partial charge >= 0.3 is 5.97 Å². The molecule has 0 bridgehead atoms. The van der Waals surface area contributed by atoms with Gasteiger partial charge in [0.15, 0.2) is 0 Å². The number of rotatable bonds is 4. The lowest BCUT2D eigenvalue weighted by molar-refractivity contribution is 0.0602. The highest BCUT2D eigenvalue weighted by Gasteiger charge is 2.23. The Kier molecular flexibility index (Phi) is 4.88. The molecule has 4 nitrogen and oxygen atoms in total. The van der Waals surface area contributed by atoms with Crippen molar-refractivity contribution in [3.63, 3.8) is 0 Å². The largest absolute Gasteiger partial charge is 0.465 e. The summed E-state index contributed by atoms with van der Waals surface area (Å²) in [5.74, 6) is 0.426. The molecule has 1 aromatic carbocycles. The Morgan fingerprint density at radius 2 is 2.25 bits per heavy atom. The molecule has 1 saturated carbocycles. The second-order valence-electron chi connectivity index (χ2n) is 5.54. The Morgan fingerprint density at radius 3 is 2.95 bits per heavy atom. The molecule has 0 heterocycles. The zero-order valence-electron chi connectivity index (χ0n) is 12.3. The van der Waals surface area contributed by atoms with Crippen molar-refractivity contribution in [1.29, 1.82) is 0 Å². The monoisotopic (exact) mass is 276 g/mol. The maximum absolute atomic E-state index is 11.8. The van der Waals surface area contributed by atoms with Gasteiger partial charge in [-0.25, -0.2) is 4.79 Å². The SMILES string of the molecule is CCC1CCCC(Nc2c(N)cccc2C(=O)OC)C1. The molecule has 20 heavy (non-hydrogen) atoms. The van der Waals surface area contributed by atoms with Crippen molar-refractivity contribution in [3.8, 4) is 0 Å². The third kappa shape index (κ3) is 3.24. The second kappa shape index (κ2) is 6.64. The first-order valence-corrected chi connectivity index (χ1v) is 7.39. The smallest absolute Gasteiger partial charge is 0.340 e. The van der Waals surface area contributed by atoms with Gasteiger partial charge in [0.2, 0.25) is 0 Å². The van der Waals surface area contributed by atoms with E-state index in [1.807, 2.05) is 6.07 Å². The third-order valence-electron chi connectivity index (χ3n) is 4.21. The molecule has 0 saturated heterocycles. The van der Waals surface area contributed by atoms with Gasteiger partial charge in [-0.05, 0) is 30.9 Å². The summed E-state index contributed by atoms with van der Waals surface area (Å²) in [6.07, 6.45) is 6.03. The van der Waals surface area contributed by atoms with Crippen LogP contribution in [-0.4, -0.2) is 19.1 Å². The predicted octanol–water partition coefficient (Wildman–Crippen LogP) is 3.44. The molecule has 0 amide bonds. The highest BCUT2D eigenvalue weighted by molar-refractivity contribution is 5.98. The molecule has 1 fully saturated rings. The van der Waals surface area contributed by atoms with Crippen LogP contribution in [0.5, 0.6) is 0 Å². The lowest BCUT2D eigenvalue weighted by Crippen LogP contribution is -2.28. The fraction of sp³-hybridized carbons (Fsp3) is 0.562. The van der Waals surface area contributed by atoms with E-state index in [0.29, 0.717) is 17.3 Å². The minimum absolute atomic E-state index is 0.345. The van der Waals surface area contributed by atoms with Gasteiger partial charge in [-0.2, -0.15) is 0 Å². The van der Waals surface area contributed by atoms with Gasteiger partial charge in [0.25, 0.3) is 0 Å². The molecule has 0 aromatic heterocycles. The lowest BCUT2D eigenvalue weighted by Gasteiger charge is -2.30. The average Bonchev–Trinajstić information content (AvgIpc) is 2.48. The highest BCUT2D eigenvalue weighted by atomic mass is 16.5. The van der Waals surface area contributed by atoms with E-state index in [-0.39, 0.29) is 5.97 Å². The minimum Gasteiger partial charge on any atom is -0.465 e. The summed E-state index contributed by atoms with van der Waals surface area (Å²) in [6.45, 7) is 2.24. The van der Waals surface area contributed by atoms with Crippen LogP contribution in [0.3, 0.4) is 0 Å². The van der Waals surface area contributed by atoms with Gasteiger partial charge in [-0.1, -0.05) is 32.3 Å². The number of benzene rings is 1. The van der Waals surface area contributed by atoms with Gasteiger partial charge in [0.05, 0.1) is 24.0 Å². The molecule has 1 aliphatic rings. The number of methoxy groups -OCH3 is 1. The number of carbonyl (C=O) groups excluding carboxylic acids is 1. The number of anilines is 2. The number of esters is 1. The minimum atomic E-state index is -0.345. The molecule has 110 valence electrons. The number of nitrogen functional groups attached to an aromatic ring is 1. The molecule has 0 aliphatic heterocycles. The quantitative estimate of drug-likeness (QED) is 0.653. The number of para-hydroxylation sites is 1. The van der Waals surface area contributed by atoms with E-state index >= 15 is 0 Å². The van der Waals surface area contributed by atoms with Crippen molar-refractivity contribution < 1.29 is 9.53 Å². The summed E-state index contributed by atoms with van der Waals surface area (Å²) in [7, 11) is 1.39. The summed E-state index contributed by atoms with van der Waals surface area (Å²) in [6, 6.07) is 5.74. The molecular weight excluding hydrogens is 252 g/mol. The van der Waals surface area contributed by atoms with Crippen LogP contribution in [0.2, 0.25) is 0 Å². The summed E-state index contributed by atoms with van der Waals surface area (Å²) >= 11 is 0. The van der Waals surface area contributed by atoms with Crippen LogP contribution in [0.15, 0.2) is 18.2 Å². The molecular formula is C16H24N2O2. The summed E-state index contributed by atoms with van der Waals surface area (Å²) in [5, 5.41) is 3.47. The van der Waals surface area contributed by atoms with Crippen molar-refractivity contribution in [1.82, 2.24) is 0 Å². The van der Waals surface area contributed by atoms with Crippen LogP contribution in [-0.2, 0) is 4.74 Å². The molecule has 0 spiro atoms. The fourth-order valence-corrected chi connectivity index (χ4v) is 3.01. The first kappa shape index (κ1) is 14.7. The topological polar surface area (TPSA) is 64.3 Å². The first-order valence-electron chi connectivity index (χ1n) is 7.39. The molecule has 2 rings (SSSR count). The van der Waals surface area contributed by atoms with Crippen LogP contribution in [0, 0.1) is 5.92 Å². The normalized spacial score (nSPS) is 22.3. The van der Waals surface area contributed by atoms with Gasteiger partial charge in [0.1, 0.15) is 0 Å². The van der Waals surface area contributed by atoms with E-state index in [4.69, 9.17) is 10.5 Å². The Balaban J connectivity index is 2.17. The number of ether oxygens (including phenoxy) is 1. The van der Waals surface area contributed by atoms with E-state index in [9.17, 15) is 4.79 Å². The summed E-state index contributed by atoms with van der Waals surface area (Å²) in [4.78, 5) is 11.8. The summed E-state index contributed by atoms with van der Waals surface area (Å²) in [5.41, 5.74) is 7.87. The average molecular weight is 276 g/mol. The van der Waals surface area contributed by atoms with E-state index in [1.54, 1.807) is 12.1 Å². The van der Waals surface area contributed by atoms with Gasteiger partial charge in [-0.3, -0.25) is 0 Å². The molecule has 2 unspecified atom stereocenters. The summed E-state index contributed by atoms with van der Waals surface area (Å²) < 4.78 is 4.83. The maximum atomic E-state index is 11.8. The predicted molar refractivity (Wildman–Crippen MR) is 81.9 cm³/mol.